The Kier molecular flexibility index (Phi) is 5.27. The van der Waals surface area contributed by atoms with E-state index in [4.69, 9.17) is 4.74 Å². The van der Waals surface area contributed by atoms with Gasteiger partial charge in [0.25, 0.3) is 0 Å². The topological polar surface area (TPSA) is 45.7 Å². The molecule has 2 unspecified atom stereocenters. The van der Waals surface area contributed by atoms with Crippen LogP contribution in [-0.2, 0) is 6.42 Å². The molecular formula is C16H25N3O. The highest BCUT2D eigenvalue weighted by molar-refractivity contribution is 5.80. The molecular weight excluding hydrogens is 250 g/mol. The Labute approximate surface area is 121 Å². The van der Waals surface area contributed by atoms with Gasteiger partial charge in [0.05, 0.1) is 7.11 Å². The zero-order valence-corrected chi connectivity index (χ0v) is 12.6. The Bertz CT molecular complexity index is 442. The molecule has 0 saturated heterocycles. The molecule has 2 N–H and O–H groups in total. The van der Waals surface area contributed by atoms with E-state index in [1.807, 2.05) is 12.1 Å². The second-order valence-electron chi connectivity index (χ2n) is 5.32. The van der Waals surface area contributed by atoms with Gasteiger partial charge in [-0.25, -0.2) is 0 Å². The minimum atomic E-state index is 0.605. The van der Waals surface area contributed by atoms with Gasteiger partial charge in [-0.3, -0.25) is 4.99 Å². The average Bonchev–Trinajstić information content (AvgIpc) is 3.15. The molecule has 1 aromatic rings. The number of rotatable bonds is 6. The number of guanidine groups is 1. The second-order valence-corrected chi connectivity index (χ2v) is 5.32. The SMILES string of the molecule is CCNC(=NCCc1ccc(OC)cc1)NC1CC1C. The van der Waals surface area contributed by atoms with Crippen molar-refractivity contribution >= 4 is 5.96 Å². The number of ether oxygens (including phenoxy) is 1. The summed E-state index contributed by atoms with van der Waals surface area (Å²) in [5.41, 5.74) is 1.28. The Morgan fingerprint density at radius 2 is 2.05 bits per heavy atom. The molecule has 1 aliphatic carbocycles. The van der Waals surface area contributed by atoms with E-state index < -0.39 is 0 Å². The lowest BCUT2D eigenvalue weighted by atomic mass is 10.1. The third-order valence-corrected chi connectivity index (χ3v) is 3.61. The van der Waals surface area contributed by atoms with Crippen LogP contribution in [0.15, 0.2) is 29.3 Å². The predicted octanol–water partition coefficient (Wildman–Crippen LogP) is 2.20. The van der Waals surface area contributed by atoms with Crippen LogP contribution < -0.4 is 15.4 Å². The van der Waals surface area contributed by atoms with Crippen molar-refractivity contribution in [2.24, 2.45) is 10.9 Å². The smallest absolute Gasteiger partial charge is 0.191 e. The number of hydrogen-bond donors (Lipinski definition) is 2. The van der Waals surface area contributed by atoms with Crippen molar-refractivity contribution in [1.82, 2.24) is 10.6 Å². The number of benzene rings is 1. The number of methoxy groups -OCH3 is 1. The van der Waals surface area contributed by atoms with Crippen molar-refractivity contribution in [3.05, 3.63) is 29.8 Å². The summed E-state index contributed by atoms with van der Waals surface area (Å²) in [4.78, 5) is 4.63. The molecule has 0 aliphatic heterocycles. The molecule has 110 valence electrons. The lowest BCUT2D eigenvalue weighted by Crippen LogP contribution is -2.39. The van der Waals surface area contributed by atoms with E-state index >= 15 is 0 Å². The van der Waals surface area contributed by atoms with Gasteiger partial charge in [0.2, 0.25) is 0 Å². The molecule has 20 heavy (non-hydrogen) atoms. The molecule has 1 fully saturated rings. The number of nitrogens with one attached hydrogen (secondary N) is 2. The van der Waals surface area contributed by atoms with Crippen LogP contribution in [0.25, 0.3) is 0 Å². The predicted molar refractivity (Wildman–Crippen MR) is 83.4 cm³/mol. The van der Waals surface area contributed by atoms with Gasteiger partial charge in [0.1, 0.15) is 5.75 Å². The van der Waals surface area contributed by atoms with Gasteiger partial charge in [-0.1, -0.05) is 19.1 Å². The fraction of sp³-hybridized carbons (Fsp3) is 0.562. The van der Waals surface area contributed by atoms with Gasteiger partial charge < -0.3 is 15.4 Å². The lowest BCUT2D eigenvalue weighted by molar-refractivity contribution is 0.414. The van der Waals surface area contributed by atoms with Crippen LogP contribution in [0.3, 0.4) is 0 Å². The molecule has 0 aromatic heterocycles. The number of nitrogens with zero attached hydrogens (tertiary/aromatic N) is 1. The minimum Gasteiger partial charge on any atom is -0.497 e. The minimum absolute atomic E-state index is 0.605. The summed E-state index contributed by atoms with van der Waals surface area (Å²) >= 11 is 0. The first-order valence-electron chi connectivity index (χ1n) is 7.40. The maximum absolute atomic E-state index is 5.16. The van der Waals surface area contributed by atoms with E-state index in [-0.39, 0.29) is 0 Å². The van der Waals surface area contributed by atoms with Crippen LogP contribution in [0.1, 0.15) is 25.8 Å². The lowest BCUT2D eigenvalue weighted by Gasteiger charge is -2.10. The largest absolute Gasteiger partial charge is 0.497 e. The summed E-state index contributed by atoms with van der Waals surface area (Å²) in [6.45, 7) is 6.05. The summed E-state index contributed by atoms with van der Waals surface area (Å²) in [7, 11) is 1.69. The number of hydrogen-bond acceptors (Lipinski definition) is 2. The van der Waals surface area contributed by atoms with E-state index in [9.17, 15) is 0 Å². The van der Waals surface area contributed by atoms with E-state index in [0.717, 1.165) is 37.1 Å². The first-order valence-corrected chi connectivity index (χ1v) is 7.40. The third-order valence-electron chi connectivity index (χ3n) is 3.61. The molecule has 0 amide bonds. The normalized spacial score (nSPS) is 21.4. The Hall–Kier alpha value is -1.71. The first kappa shape index (κ1) is 14.7. The highest BCUT2D eigenvalue weighted by atomic mass is 16.5. The molecule has 1 aliphatic rings. The molecule has 1 aromatic carbocycles. The summed E-state index contributed by atoms with van der Waals surface area (Å²) in [6, 6.07) is 8.78. The highest BCUT2D eigenvalue weighted by Gasteiger charge is 2.33. The van der Waals surface area contributed by atoms with Crippen LogP contribution in [-0.4, -0.2) is 32.2 Å². The third kappa shape index (κ3) is 4.44. The molecule has 4 heteroatoms. The van der Waals surface area contributed by atoms with Crippen LogP contribution in [0.4, 0.5) is 0 Å². The summed E-state index contributed by atoms with van der Waals surface area (Å²) in [5.74, 6) is 2.62. The van der Waals surface area contributed by atoms with Crippen LogP contribution in [0, 0.1) is 5.92 Å². The second kappa shape index (κ2) is 7.17. The van der Waals surface area contributed by atoms with E-state index in [2.05, 4.69) is 41.6 Å². The Morgan fingerprint density at radius 3 is 2.60 bits per heavy atom. The van der Waals surface area contributed by atoms with Crippen molar-refractivity contribution in [3.8, 4) is 5.75 Å². The Morgan fingerprint density at radius 1 is 1.35 bits per heavy atom. The van der Waals surface area contributed by atoms with Crippen molar-refractivity contribution in [2.75, 3.05) is 20.2 Å². The fourth-order valence-electron chi connectivity index (χ4n) is 2.11. The van der Waals surface area contributed by atoms with Gasteiger partial charge >= 0.3 is 0 Å². The number of aliphatic imine (C=N–C) groups is 1. The molecule has 0 heterocycles. The van der Waals surface area contributed by atoms with E-state index in [0.29, 0.717) is 6.04 Å². The van der Waals surface area contributed by atoms with Gasteiger partial charge in [-0.15, -0.1) is 0 Å². The maximum Gasteiger partial charge on any atom is 0.191 e. The quantitative estimate of drug-likeness (QED) is 0.618. The standard InChI is InChI=1S/C16H25N3O/c1-4-17-16(19-15-11-12(15)2)18-10-9-13-5-7-14(20-3)8-6-13/h5-8,12,15H,4,9-11H2,1-3H3,(H2,17,18,19). The van der Waals surface area contributed by atoms with E-state index in [1.54, 1.807) is 7.11 Å². The zero-order valence-electron chi connectivity index (χ0n) is 12.6. The Balaban J connectivity index is 1.81. The molecule has 1 saturated carbocycles. The van der Waals surface area contributed by atoms with Gasteiger partial charge in [-0.2, -0.15) is 0 Å². The molecule has 2 atom stereocenters. The van der Waals surface area contributed by atoms with Crippen molar-refractivity contribution in [3.63, 3.8) is 0 Å². The average molecular weight is 275 g/mol. The highest BCUT2D eigenvalue weighted by Crippen LogP contribution is 2.28. The van der Waals surface area contributed by atoms with Crippen LogP contribution >= 0.6 is 0 Å². The van der Waals surface area contributed by atoms with Crippen LogP contribution in [0.2, 0.25) is 0 Å². The zero-order chi connectivity index (χ0) is 14.4. The van der Waals surface area contributed by atoms with Gasteiger partial charge in [-0.05, 0) is 43.4 Å². The summed E-state index contributed by atoms with van der Waals surface area (Å²) in [5, 5.41) is 6.76. The summed E-state index contributed by atoms with van der Waals surface area (Å²) in [6.07, 6.45) is 2.20. The monoisotopic (exact) mass is 275 g/mol. The molecule has 4 nitrogen and oxygen atoms in total. The fourth-order valence-corrected chi connectivity index (χ4v) is 2.11. The van der Waals surface area contributed by atoms with E-state index in [1.165, 1.54) is 12.0 Å². The molecule has 0 radical (unpaired) electrons. The molecule has 2 rings (SSSR count). The van der Waals surface area contributed by atoms with Crippen molar-refractivity contribution in [2.45, 2.75) is 32.7 Å². The first-order chi connectivity index (χ1) is 9.72. The van der Waals surface area contributed by atoms with Crippen molar-refractivity contribution < 1.29 is 4.74 Å². The van der Waals surface area contributed by atoms with Crippen LogP contribution in [0.5, 0.6) is 5.75 Å². The molecule has 0 spiro atoms. The van der Waals surface area contributed by atoms with Gasteiger partial charge in [0, 0.05) is 19.1 Å². The summed E-state index contributed by atoms with van der Waals surface area (Å²) < 4.78 is 5.16. The maximum atomic E-state index is 5.16. The van der Waals surface area contributed by atoms with Crippen molar-refractivity contribution in [1.29, 1.82) is 0 Å². The molecule has 0 bridgehead atoms. The van der Waals surface area contributed by atoms with Gasteiger partial charge in [0.15, 0.2) is 5.96 Å².